The third-order valence-corrected chi connectivity index (χ3v) is 4.86. The van der Waals surface area contributed by atoms with Crippen LogP contribution >= 0.6 is 0 Å². The first-order valence-corrected chi connectivity index (χ1v) is 4.74. The van der Waals surface area contributed by atoms with Crippen LogP contribution in [0.4, 0.5) is 0 Å². The molecule has 3 atom stereocenters. The molecule has 0 amide bonds. The Balaban J connectivity index is 2.40. The van der Waals surface area contributed by atoms with Gasteiger partial charge in [0, 0.05) is 6.04 Å². The van der Waals surface area contributed by atoms with Crippen LogP contribution in [0.5, 0.6) is 0 Å². The van der Waals surface area contributed by atoms with Crippen molar-refractivity contribution in [3.63, 3.8) is 0 Å². The summed E-state index contributed by atoms with van der Waals surface area (Å²) in [5, 5.41) is 0. The van der Waals surface area contributed by atoms with Gasteiger partial charge in [0.15, 0.2) is 0 Å². The van der Waals surface area contributed by atoms with E-state index in [1.165, 1.54) is 19.3 Å². The molecule has 2 fully saturated rings. The highest BCUT2D eigenvalue weighted by atomic mass is 14.8. The molecule has 2 aliphatic rings. The van der Waals surface area contributed by atoms with E-state index in [1.54, 1.807) is 0 Å². The normalized spacial score (nSPS) is 53.5. The van der Waals surface area contributed by atoms with E-state index in [1.807, 2.05) is 0 Å². The average Bonchev–Trinajstić information content (AvgIpc) is 2.20. The third kappa shape index (κ3) is 0.658. The van der Waals surface area contributed by atoms with Crippen LogP contribution in [-0.4, -0.2) is 6.04 Å². The van der Waals surface area contributed by atoms with Crippen LogP contribution in [0.25, 0.3) is 0 Å². The smallest absolute Gasteiger partial charge is 0.0101 e. The molecular formula is C10H19N. The van der Waals surface area contributed by atoms with Crippen molar-refractivity contribution in [2.24, 2.45) is 22.5 Å². The summed E-state index contributed by atoms with van der Waals surface area (Å²) in [4.78, 5) is 0. The summed E-state index contributed by atoms with van der Waals surface area (Å²) in [5.74, 6) is 0.905. The van der Waals surface area contributed by atoms with Crippen LogP contribution in [0, 0.1) is 16.7 Å². The molecule has 1 heteroatoms. The standard InChI is InChI=1S/C10H19N/c1-9(2)7-4-5-10(9,3)8(11)6-7/h7-8H,4-6,11H2,1-3H3/t7-,8+,10-/m1/s1. The van der Waals surface area contributed by atoms with Crippen LogP contribution in [0.2, 0.25) is 0 Å². The van der Waals surface area contributed by atoms with Gasteiger partial charge in [-0.1, -0.05) is 20.8 Å². The van der Waals surface area contributed by atoms with Gasteiger partial charge in [-0.3, -0.25) is 0 Å². The van der Waals surface area contributed by atoms with Crippen LogP contribution in [0.1, 0.15) is 40.0 Å². The fourth-order valence-corrected chi connectivity index (χ4v) is 3.27. The highest BCUT2D eigenvalue weighted by Crippen LogP contribution is 2.64. The van der Waals surface area contributed by atoms with Gasteiger partial charge in [-0.2, -0.15) is 0 Å². The molecule has 0 spiro atoms. The molecule has 1 nitrogen and oxygen atoms in total. The lowest BCUT2D eigenvalue weighted by Crippen LogP contribution is -2.40. The minimum atomic E-state index is 0.442. The molecule has 11 heavy (non-hydrogen) atoms. The minimum Gasteiger partial charge on any atom is -0.327 e. The van der Waals surface area contributed by atoms with Gasteiger partial charge in [-0.05, 0) is 36.0 Å². The zero-order valence-corrected chi connectivity index (χ0v) is 7.85. The molecular weight excluding hydrogens is 134 g/mol. The van der Waals surface area contributed by atoms with E-state index >= 15 is 0 Å². The Morgan fingerprint density at radius 2 is 1.91 bits per heavy atom. The Labute approximate surface area is 69.4 Å². The Kier molecular flexibility index (Phi) is 1.26. The van der Waals surface area contributed by atoms with Crippen molar-refractivity contribution in [2.45, 2.75) is 46.1 Å². The maximum absolute atomic E-state index is 6.13. The molecule has 2 aliphatic carbocycles. The molecule has 0 aliphatic heterocycles. The summed E-state index contributed by atoms with van der Waals surface area (Å²) in [7, 11) is 0. The van der Waals surface area contributed by atoms with E-state index in [9.17, 15) is 0 Å². The maximum Gasteiger partial charge on any atom is 0.0101 e. The van der Waals surface area contributed by atoms with Crippen molar-refractivity contribution in [1.82, 2.24) is 0 Å². The van der Waals surface area contributed by atoms with Crippen LogP contribution in [-0.2, 0) is 0 Å². The molecule has 0 radical (unpaired) electrons. The Morgan fingerprint density at radius 1 is 1.27 bits per heavy atom. The monoisotopic (exact) mass is 153 g/mol. The molecule has 2 rings (SSSR count). The predicted octanol–water partition coefficient (Wildman–Crippen LogP) is 2.16. The number of fused-ring (bicyclic) bond motifs is 2. The number of hydrogen-bond acceptors (Lipinski definition) is 1. The van der Waals surface area contributed by atoms with Gasteiger partial charge >= 0.3 is 0 Å². The first-order chi connectivity index (χ1) is 4.98. The van der Waals surface area contributed by atoms with Crippen molar-refractivity contribution >= 4 is 0 Å². The van der Waals surface area contributed by atoms with Gasteiger partial charge in [0.05, 0.1) is 0 Å². The molecule has 64 valence electrons. The van der Waals surface area contributed by atoms with E-state index in [0.717, 1.165) is 5.92 Å². The molecule has 0 heterocycles. The Hall–Kier alpha value is -0.0400. The number of nitrogens with two attached hydrogens (primary N) is 1. The summed E-state index contributed by atoms with van der Waals surface area (Å²) < 4.78 is 0. The van der Waals surface area contributed by atoms with Crippen LogP contribution in [0.3, 0.4) is 0 Å². The van der Waals surface area contributed by atoms with Crippen molar-refractivity contribution < 1.29 is 0 Å². The van der Waals surface area contributed by atoms with Gasteiger partial charge in [0.1, 0.15) is 0 Å². The second-order valence-electron chi connectivity index (χ2n) is 5.22. The molecule has 0 aromatic heterocycles. The molecule has 0 unspecified atom stereocenters. The van der Waals surface area contributed by atoms with Crippen molar-refractivity contribution in [3.8, 4) is 0 Å². The fraction of sp³-hybridized carbons (Fsp3) is 1.00. The fourth-order valence-electron chi connectivity index (χ4n) is 3.27. The predicted molar refractivity (Wildman–Crippen MR) is 47.2 cm³/mol. The quantitative estimate of drug-likeness (QED) is 0.567. The van der Waals surface area contributed by atoms with E-state index in [-0.39, 0.29) is 0 Å². The second-order valence-corrected chi connectivity index (χ2v) is 5.22. The van der Waals surface area contributed by atoms with Gasteiger partial charge < -0.3 is 5.73 Å². The van der Waals surface area contributed by atoms with Gasteiger partial charge in [-0.15, -0.1) is 0 Å². The topological polar surface area (TPSA) is 26.0 Å². The highest BCUT2D eigenvalue weighted by molar-refractivity contribution is 5.11. The molecule has 0 aromatic carbocycles. The molecule has 2 bridgehead atoms. The van der Waals surface area contributed by atoms with E-state index in [2.05, 4.69) is 20.8 Å². The number of hydrogen-bond donors (Lipinski definition) is 1. The Bertz CT molecular complexity index is 185. The third-order valence-electron chi connectivity index (χ3n) is 4.86. The first-order valence-electron chi connectivity index (χ1n) is 4.74. The average molecular weight is 153 g/mol. The molecule has 0 aromatic rings. The van der Waals surface area contributed by atoms with Gasteiger partial charge in [0.2, 0.25) is 0 Å². The zero-order chi connectivity index (χ0) is 8.28. The summed E-state index contributed by atoms with van der Waals surface area (Å²) in [5.41, 5.74) is 7.08. The summed E-state index contributed by atoms with van der Waals surface area (Å²) in [6, 6.07) is 0.469. The highest BCUT2D eigenvalue weighted by Gasteiger charge is 2.59. The van der Waals surface area contributed by atoms with Crippen molar-refractivity contribution in [2.75, 3.05) is 0 Å². The lowest BCUT2D eigenvalue weighted by molar-refractivity contribution is 0.136. The molecule has 2 saturated carbocycles. The van der Waals surface area contributed by atoms with E-state index in [0.29, 0.717) is 16.9 Å². The lowest BCUT2D eigenvalue weighted by atomic mass is 9.69. The Morgan fingerprint density at radius 3 is 2.09 bits per heavy atom. The summed E-state index contributed by atoms with van der Waals surface area (Å²) >= 11 is 0. The number of rotatable bonds is 0. The molecule has 0 saturated heterocycles. The lowest BCUT2D eigenvalue weighted by Gasteiger charge is -2.37. The van der Waals surface area contributed by atoms with Crippen LogP contribution in [0.15, 0.2) is 0 Å². The van der Waals surface area contributed by atoms with Crippen molar-refractivity contribution in [1.29, 1.82) is 0 Å². The first kappa shape index (κ1) is 7.60. The van der Waals surface area contributed by atoms with E-state index in [4.69, 9.17) is 5.73 Å². The second kappa shape index (κ2) is 1.82. The maximum atomic E-state index is 6.13. The minimum absolute atomic E-state index is 0.442. The van der Waals surface area contributed by atoms with Gasteiger partial charge in [-0.25, -0.2) is 0 Å². The summed E-state index contributed by atoms with van der Waals surface area (Å²) in [6.07, 6.45) is 4.03. The zero-order valence-electron chi connectivity index (χ0n) is 7.85. The SMILES string of the molecule is CC1(C)[C@@H]2CC[C@]1(C)[C@@H](N)C2. The van der Waals surface area contributed by atoms with Crippen molar-refractivity contribution in [3.05, 3.63) is 0 Å². The van der Waals surface area contributed by atoms with E-state index < -0.39 is 0 Å². The molecule has 2 N–H and O–H groups in total. The largest absolute Gasteiger partial charge is 0.327 e. The van der Waals surface area contributed by atoms with Crippen LogP contribution < -0.4 is 5.73 Å². The van der Waals surface area contributed by atoms with Gasteiger partial charge in [0.25, 0.3) is 0 Å². The summed E-state index contributed by atoms with van der Waals surface area (Å²) in [6.45, 7) is 7.18.